The smallest absolute Gasteiger partial charge is 0.192 e. The Kier molecular flexibility index (Phi) is 7.00. The van der Waals surface area contributed by atoms with Crippen LogP contribution in [0.5, 0.6) is 0 Å². The Bertz CT molecular complexity index is 298. The van der Waals surface area contributed by atoms with Crippen LogP contribution in [0.4, 0.5) is 0 Å². The fraction of sp³-hybridized carbons (Fsp3) is 0.875. The van der Waals surface area contributed by atoms with E-state index in [0.29, 0.717) is 0 Å². The van der Waals surface area contributed by atoms with Gasteiger partial charge in [-0.3, -0.25) is 0 Å². The minimum atomic E-state index is -1.79. The Morgan fingerprint density at radius 1 is 1.11 bits per heavy atom. The highest BCUT2D eigenvalue weighted by molar-refractivity contribution is 6.74. The van der Waals surface area contributed by atoms with Crippen LogP contribution >= 0.6 is 0 Å². The third kappa shape index (κ3) is 6.73. The van der Waals surface area contributed by atoms with E-state index >= 15 is 0 Å². The van der Waals surface area contributed by atoms with Crippen LogP contribution in [-0.2, 0) is 4.43 Å². The lowest BCUT2D eigenvalue weighted by molar-refractivity contribution is 0.0377. The molecule has 3 heteroatoms. The first-order valence-corrected chi connectivity index (χ1v) is 10.3. The van der Waals surface area contributed by atoms with Crippen molar-refractivity contribution < 1.29 is 9.53 Å². The minimum absolute atomic E-state index is 0.194. The van der Waals surface area contributed by atoms with Crippen LogP contribution in [-0.4, -0.2) is 25.6 Å². The van der Waals surface area contributed by atoms with E-state index in [1.54, 1.807) is 0 Å². The predicted molar refractivity (Wildman–Crippen MR) is 87.1 cm³/mol. The molecule has 0 saturated carbocycles. The highest BCUT2D eigenvalue weighted by Gasteiger charge is 2.42. The number of hydrogen-bond acceptors (Lipinski definition) is 2. The van der Waals surface area contributed by atoms with E-state index in [1.165, 1.54) is 5.57 Å². The molecule has 0 aliphatic heterocycles. The zero-order valence-electron chi connectivity index (χ0n) is 14.3. The molecule has 0 heterocycles. The minimum Gasteiger partial charge on any atom is -0.412 e. The summed E-state index contributed by atoms with van der Waals surface area (Å²) < 4.78 is 6.56. The van der Waals surface area contributed by atoms with E-state index in [0.717, 1.165) is 19.3 Å². The molecule has 114 valence electrons. The zero-order valence-corrected chi connectivity index (χ0v) is 15.3. The molecule has 0 aromatic rings. The van der Waals surface area contributed by atoms with E-state index in [-0.39, 0.29) is 17.2 Å². The van der Waals surface area contributed by atoms with Gasteiger partial charge in [0.15, 0.2) is 8.32 Å². The van der Waals surface area contributed by atoms with Crippen molar-refractivity contribution in [2.24, 2.45) is 0 Å². The normalized spacial score (nSPS) is 16.1. The predicted octanol–water partition coefficient (Wildman–Crippen LogP) is 4.90. The van der Waals surface area contributed by atoms with Gasteiger partial charge in [0.2, 0.25) is 0 Å². The van der Waals surface area contributed by atoms with Crippen LogP contribution in [0.2, 0.25) is 18.1 Å². The fourth-order valence-corrected chi connectivity index (χ4v) is 3.64. The maximum atomic E-state index is 9.33. The van der Waals surface area contributed by atoms with Gasteiger partial charge in [0.1, 0.15) is 0 Å². The molecule has 0 aliphatic rings. The summed E-state index contributed by atoms with van der Waals surface area (Å²) in [5.41, 5.74) is 1.14. The quantitative estimate of drug-likeness (QED) is 0.533. The number of aliphatic hydroxyl groups excluding tert-OH is 1. The van der Waals surface area contributed by atoms with Crippen molar-refractivity contribution in [3.63, 3.8) is 0 Å². The second-order valence-electron chi connectivity index (χ2n) is 7.61. The summed E-state index contributed by atoms with van der Waals surface area (Å²) in [7, 11) is -1.79. The lowest BCUT2D eigenvalue weighted by Gasteiger charge is -2.44. The molecular weight excluding hydrogens is 252 g/mol. The van der Waals surface area contributed by atoms with Gasteiger partial charge in [-0.1, -0.05) is 32.4 Å². The Morgan fingerprint density at radius 3 is 2.00 bits per heavy atom. The molecule has 0 saturated heterocycles. The van der Waals surface area contributed by atoms with Gasteiger partial charge in [0.05, 0.1) is 5.60 Å². The van der Waals surface area contributed by atoms with Gasteiger partial charge >= 0.3 is 0 Å². The fourth-order valence-electron chi connectivity index (χ4n) is 1.90. The number of aliphatic hydroxyl groups is 1. The lowest BCUT2D eigenvalue weighted by atomic mass is 9.96. The van der Waals surface area contributed by atoms with Crippen LogP contribution in [0, 0.1) is 0 Å². The molecule has 0 amide bonds. The Balaban J connectivity index is 4.84. The standard InChI is InChI=1S/C16H34O2Si/c1-14(2)10-9-11-16(6,12-13-17)18-19(7,8)15(3,4)5/h10,17H,9,11-13H2,1-8H3/t16-/m0/s1. The van der Waals surface area contributed by atoms with Gasteiger partial charge in [0, 0.05) is 6.61 Å². The second kappa shape index (κ2) is 7.05. The molecule has 2 nitrogen and oxygen atoms in total. The maximum absolute atomic E-state index is 9.33. The van der Waals surface area contributed by atoms with Gasteiger partial charge in [0.25, 0.3) is 0 Å². The Hall–Kier alpha value is -0.123. The monoisotopic (exact) mass is 286 g/mol. The van der Waals surface area contributed by atoms with Gasteiger partial charge in [-0.05, 0) is 58.2 Å². The van der Waals surface area contributed by atoms with E-state index in [1.807, 2.05) is 0 Å². The van der Waals surface area contributed by atoms with Crippen molar-refractivity contribution in [2.45, 2.75) is 84.5 Å². The number of hydrogen-bond donors (Lipinski definition) is 1. The van der Waals surface area contributed by atoms with Crippen molar-refractivity contribution in [2.75, 3.05) is 6.61 Å². The number of rotatable bonds is 7. The first-order chi connectivity index (χ1) is 8.43. The van der Waals surface area contributed by atoms with Crippen molar-refractivity contribution in [3.8, 4) is 0 Å². The molecule has 0 aliphatic carbocycles. The van der Waals surface area contributed by atoms with Crippen LogP contribution in [0.25, 0.3) is 0 Å². The van der Waals surface area contributed by atoms with Crippen LogP contribution in [0.15, 0.2) is 11.6 Å². The summed E-state index contributed by atoms with van der Waals surface area (Å²) >= 11 is 0. The summed E-state index contributed by atoms with van der Waals surface area (Å²) in [5.74, 6) is 0. The third-order valence-corrected chi connectivity index (χ3v) is 8.79. The SMILES string of the molecule is CC(C)=CCC[C@@](C)(CCO)O[Si](C)(C)C(C)(C)C. The third-order valence-electron chi connectivity index (χ3n) is 4.17. The van der Waals surface area contributed by atoms with E-state index in [4.69, 9.17) is 4.43 Å². The van der Waals surface area contributed by atoms with E-state index in [9.17, 15) is 5.11 Å². The molecule has 0 radical (unpaired) electrons. The van der Waals surface area contributed by atoms with Gasteiger partial charge in [-0.15, -0.1) is 0 Å². The summed E-state index contributed by atoms with van der Waals surface area (Å²) in [5, 5.41) is 9.54. The van der Waals surface area contributed by atoms with Crippen LogP contribution in [0.1, 0.15) is 60.8 Å². The molecule has 0 spiro atoms. The van der Waals surface area contributed by atoms with E-state index < -0.39 is 8.32 Å². The average molecular weight is 287 g/mol. The second-order valence-corrected chi connectivity index (χ2v) is 12.3. The molecule has 1 atom stereocenters. The first kappa shape index (κ1) is 18.9. The zero-order chi connectivity index (χ0) is 15.3. The topological polar surface area (TPSA) is 29.5 Å². The molecule has 0 aromatic carbocycles. The lowest BCUT2D eigenvalue weighted by Crippen LogP contribution is -2.49. The molecule has 0 bridgehead atoms. The molecule has 0 fully saturated rings. The van der Waals surface area contributed by atoms with Gasteiger partial charge in [-0.25, -0.2) is 0 Å². The highest BCUT2D eigenvalue weighted by Crippen LogP contribution is 2.40. The molecule has 19 heavy (non-hydrogen) atoms. The summed E-state index contributed by atoms with van der Waals surface area (Å²) in [6, 6.07) is 0. The Labute approximate surface area is 121 Å². The first-order valence-electron chi connectivity index (χ1n) is 7.38. The van der Waals surface area contributed by atoms with E-state index in [2.05, 4.69) is 60.7 Å². The average Bonchev–Trinajstić information content (AvgIpc) is 2.13. The molecule has 1 N–H and O–H groups in total. The van der Waals surface area contributed by atoms with Crippen molar-refractivity contribution in [1.82, 2.24) is 0 Å². The van der Waals surface area contributed by atoms with Crippen molar-refractivity contribution in [3.05, 3.63) is 11.6 Å². The Morgan fingerprint density at radius 2 is 1.63 bits per heavy atom. The van der Waals surface area contributed by atoms with Crippen molar-refractivity contribution >= 4 is 8.32 Å². The van der Waals surface area contributed by atoms with Crippen molar-refractivity contribution in [1.29, 1.82) is 0 Å². The van der Waals surface area contributed by atoms with Gasteiger partial charge < -0.3 is 9.53 Å². The summed E-state index contributed by atoms with van der Waals surface area (Å²) in [6.45, 7) is 17.9. The summed E-state index contributed by atoms with van der Waals surface area (Å²) in [6.07, 6.45) is 4.97. The highest BCUT2D eigenvalue weighted by atomic mass is 28.4. The molecule has 0 rings (SSSR count). The largest absolute Gasteiger partial charge is 0.412 e. The van der Waals surface area contributed by atoms with Crippen LogP contribution < -0.4 is 0 Å². The molecular formula is C16H34O2Si. The molecule has 0 unspecified atom stereocenters. The van der Waals surface area contributed by atoms with Gasteiger partial charge in [-0.2, -0.15) is 0 Å². The molecule has 0 aromatic heterocycles. The maximum Gasteiger partial charge on any atom is 0.192 e. The number of allylic oxidation sites excluding steroid dienone is 2. The van der Waals surface area contributed by atoms with Crippen LogP contribution in [0.3, 0.4) is 0 Å². The summed E-state index contributed by atoms with van der Waals surface area (Å²) in [4.78, 5) is 0.